The molecule has 0 saturated heterocycles. The van der Waals surface area contributed by atoms with Crippen molar-refractivity contribution in [3.63, 3.8) is 0 Å². The number of aromatic nitrogens is 1. The molecule has 0 saturated carbocycles. The summed E-state index contributed by atoms with van der Waals surface area (Å²) >= 11 is 11.7. The molecule has 1 N–H and O–H groups in total. The minimum Gasteiger partial charge on any atom is -0.489 e. The summed E-state index contributed by atoms with van der Waals surface area (Å²) in [5.74, 6) is -2.31. The maximum Gasteiger partial charge on any atom is 0.417 e. The third-order valence-corrected chi connectivity index (χ3v) is 3.98. The predicted octanol–water partition coefficient (Wildman–Crippen LogP) is 4.69. The zero-order valence-corrected chi connectivity index (χ0v) is 15.0. The van der Waals surface area contributed by atoms with E-state index in [0.717, 1.165) is 19.2 Å². The quantitative estimate of drug-likeness (QED) is 0.677. The van der Waals surface area contributed by atoms with Crippen molar-refractivity contribution >= 4 is 29.2 Å². The highest BCUT2D eigenvalue weighted by Crippen LogP contribution is 2.38. The van der Waals surface area contributed by atoms with Gasteiger partial charge in [-0.15, -0.1) is 0 Å². The summed E-state index contributed by atoms with van der Waals surface area (Å²) in [5, 5.41) is 8.29. The molecular weight excluding hydrogens is 417 g/mol. The molecular formula is C16H11Cl2F4NO4. The number of ether oxygens (including phenoxy) is 2. The molecule has 0 aliphatic carbocycles. The Kier molecular flexibility index (Phi) is 6.50. The number of carboxylic acid groups (broad SMARTS) is 1. The summed E-state index contributed by atoms with van der Waals surface area (Å²) in [7, 11) is 1.16. The van der Waals surface area contributed by atoms with Crippen LogP contribution in [0, 0.1) is 5.82 Å². The lowest BCUT2D eigenvalue weighted by Crippen LogP contribution is -2.29. The summed E-state index contributed by atoms with van der Waals surface area (Å²) in [5.41, 5.74) is -1.62. The van der Waals surface area contributed by atoms with Gasteiger partial charge in [-0.25, -0.2) is 9.18 Å². The maximum absolute atomic E-state index is 14.2. The van der Waals surface area contributed by atoms with Crippen LogP contribution in [0.1, 0.15) is 5.56 Å². The van der Waals surface area contributed by atoms with Gasteiger partial charge in [-0.2, -0.15) is 13.2 Å². The van der Waals surface area contributed by atoms with Crippen LogP contribution in [0.25, 0.3) is 11.3 Å². The van der Waals surface area contributed by atoms with Crippen LogP contribution in [0.3, 0.4) is 0 Å². The maximum atomic E-state index is 14.2. The summed E-state index contributed by atoms with van der Waals surface area (Å²) in [6.07, 6.45) is -5.45. The molecule has 2 aromatic rings. The van der Waals surface area contributed by atoms with Crippen LogP contribution >= 0.6 is 23.2 Å². The van der Waals surface area contributed by atoms with Crippen molar-refractivity contribution in [2.75, 3.05) is 13.7 Å². The molecule has 0 bridgehead atoms. The van der Waals surface area contributed by atoms with Gasteiger partial charge in [-0.05, 0) is 18.2 Å². The van der Waals surface area contributed by atoms with Crippen LogP contribution in [0.5, 0.6) is 5.75 Å². The number of alkyl halides is 3. The number of hydrogen-bond donors (Lipinski definition) is 1. The molecule has 11 heteroatoms. The monoisotopic (exact) mass is 427 g/mol. The van der Waals surface area contributed by atoms with E-state index in [2.05, 4.69) is 4.98 Å². The van der Waals surface area contributed by atoms with Crippen LogP contribution in [0.15, 0.2) is 24.4 Å². The Hall–Kier alpha value is -2.10. The minimum atomic E-state index is -4.66. The number of carbonyl (C=O) groups is 1. The van der Waals surface area contributed by atoms with Crippen LogP contribution in [0.2, 0.25) is 10.0 Å². The van der Waals surface area contributed by atoms with Crippen LogP contribution in [-0.2, 0) is 15.7 Å². The fourth-order valence-corrected chi connectivity index (χ4v) is 2.49. The SMILES string of the molecule is COC(COc1cc(-c2ncc(C(F)(F)F)cc2Cl)c(F)cc1Cl)C(=O)O. The number of halogens is 6. The van der Waals surface area contributed by atoms with Crippen LogP contribution in [0.4, 0.5) is 17.6 Å². The highest BCUT2D eigenvalue weighted by Gasteiger charge is 2.32. The highest BCUT2D eigenvalue weighted by molar-refractivity contribution is 6.33. The molecule has 0 aliphatic heterocycles. The van der Waals surface area contributed by atoms with Crippen molar-refractivity contribution in [2.45, 2.75) is 12.3 Å². The fourth-order valence-electron chi connectivity index (χ4n) is 2.02. The molecule has 5 nitrogen and oxygen atoms in total. The van der Waals surface area contributed by atoms with E-state index in [1.807, 2.05) is 0 Å². The average molecular weight is 428 g/mol. The summed E-state index contributed by atoms with van der Waals surface area (Å²) in [6.45, 7) is -0.440. The van der Waals surface area contributed by atoms with E-state index in [-0.39, 0.29) is 22.0 Å². The smallest absolute Gasteiger partial charge is 0.417 e. The van der Waals surface area contributed by atoms with Crippen molar-refractivity contribution in [3.05, 3.63) is 45.8 Å². The molecule has 0 amide bonds. The molecule has 1 heterocycles. The molecule has 2 rings (SSSR count). The highest BCUT2D eigenvalue weighted by atomic mass is 35.5. The van der Waals surface area contributed by atoms with E-state index >= 15 is 0 Å². The van der Waals surface area contributed by atoms with E-state index < -0.39 is 41.3 Å². The van der Waals surface area contributed by atoms with Crippen molar-refractivity contribution in [2.24, 2.45) is 0 Å². The van der Waals surface area contributed by atoms with Gasteiger partial charge in [0.1, 0.15) is 18.2 Å². The number of methoxy groups -OCH3 is 1. The Morgan fingerprint density at radius 1 is 1.26 bits per heavy atom. The summed E-state index contributed by atoms with van der Waals surface area (Å²) < 4.78 is 62.3. The van der Waals surface area contributed by atoms with Gasteiger partial charge in [0.25, 0.3) is 0 Å². The van der Waals surface area contributed by atoms with Crippen molar-refractivity contribution in [1.82, 2.24) is 4.98 Å². The number of hydrogen-bond acceptors (Lipinski definition) is 4. The standard InChI is InChI=1S/C16H11Cl2F4NO4/c1-26-13(15(24)25)6-27-12-3-8(11(19)4-9(12)17)14-10(18)2-7(5-23-14)16(20,21)22/h2-5,13H,6H2,1H3,(H,24,25). The first-order chi connectivity index (χ1) is 12.5. The number of aliphatic carboxylic acids is 1. The second-order valence-corrected chi connectivity index (χ2v) is 6.00. The third kappa shape index (κ3) is 5.00. The van der Waals surface area contributed by atoms with Gasteiger partial charge in [0.05, 0.1) is 21.3 Å². The molecule has 27 heavy (non-hydrogen) atoms. The normalized spacial score (nSPS) is 12.7. The first-order valence-corrected chi connectivity index (χ1v) is 7.90. The van der Waals surface area contributed by atoms with Gasteiger partial charge < -0.3 is 14.6 Å². The molecule has 1 aromatic heterocycles. The number of benzene rings is 1. The molecule has 0 radical (unpaired) electrons. The lowest BCUT2D eigenvalue weighted by Gasteiger charge is -2.15. The third-order valence-electron chi connectivity index (χ3n) is 3.40. The Balaban J connectivity index is 2.39. The molecule has 0 aliphatic rings. The van der Waals surface area contributed by atoms with Crippen molar-refractivity contribution < 1.29 is 36.9 Å². The predicted molar refractivity (Wildman–Crippen MR) is 88.6 cm³/mol. The molecule has 0 spiro atoms. The van der Waals surface area contributed by atoms with Gasteiger partial charge in [0.2, 0.25) is 0 Å². The summed E-state index contributed by atoms with van der Waals surface area (Å²) in [6, 6.07) is 2.53. The molecule has 0 fully saturated rings. The Morgan fingerprint density at radius 3 is 2.44 bits per heavy atom. The van der Waals surface area contributed by atoms with Gasteiger partial charge in [0, 0.05) is 18.9 Å². The number of nitrogens with zero attached hydrogens (tertiary/aromatic N) is 1. The van der Waals surface area contributed by atoms with Crippen molar-refractivity contribution in [3.8, 4) is 17.0 Å². The lowest BCUT2D eigenvalue weighted by molar-refractivity contribution is -0.150. The second kappa shape index (κ2) is 8.28. The van der Waals surface area contributed by atoms with E-state index in [9.17, 15) is 22.4 Å². The van der Waals surface area contributed by atoms with E-state index in [1.165, 1.54) is 0 Å². The number of carboxylic acids is 1. The van der Waals surface area contributed by atoms with Gasteiger partial charge in [-0.1, -0.05) is 23.2 Å². The number of pyridine rings is 1. The zero-order valence-electron chi connectivity index (χ0n) is 13.5. The summed E-state index contributed by atoms with van der Waals surface area (Å²) in [4.78, 5) is 14.5. The Labute approximate surface area is 160 Å². The van der Waals surface area contributed by atoms with E-state index in [4.69, 9.17) is 37.8 Å². The van der Waals surface area contributed by atoms with Gasteiger partial charge in [0.15, 0.2) is 6.10 Å². The minimum absolute atomic E-state index is 0.117. The van der Waals surface area contributed by atoms with E-state index in [1.54, 1.807) is 0 Å². The van der Waals surface area contributed by atoms with Crippen LogP contribution in [-0.4, -0.2) is 35.9 Å². The zero-order chi connectivity index (χ0) is 20.4. The Bertz CT molecular complexity index is 861. The molecule has 146 valence electrons. The molecule has 1 aromatic carbocycles. The first kappa shape index (κ1) is 21.2. The lowest BCUT2D eigenvalue weighted by atomic mass is 10.1. The van der Waals surface area contributed by atoms with Crippen molar-refractivity contribution in [1.29, 1.82) is 0 Å². The topological polar surface area (TPSA) is 68.7 Å². The second-order valence-electron chi connectivity index (χ2n) is 5.19. The van der Waals surface area contributed by atoms with Gasteiger partial charge >= 0.3 is 12.1 Å². The van der Waals surface area contributed by atoms with Gasteiger partial charge in [-0.3, -0.25) is 4.98 Å². The van der Waals surface area contributed by atoms with Crippen LogP contribution < -0.4 is 4.74 Å². The molecule has 1 unspecified atom stereocenters. The average Bonchev–Trinajstić information content (AvgIpc) is 2.56. The van der Waals surface area contributed by atoms with E-state index in [0.29, 0.717) is 12.3 Å². The largest absolute Gasteiger partial charge is 0.489 e. The first-order valence-electron chi connectivity index (χ1n) is 7.15. The number of rotatable bonds is 6. The Morgan fingerprint density at radius 2 is 1.93 bits per heavy atom. The fraction of sp³-hybridized carbons (Fsp3) is 0.250. The molecule has 1 atom stereocenters.